The summed E-state index contributed by atoms with van der Waals surface area (Å²) in [7, 11) is 0. The maximum absolute atomic E-state index is 6.38. The Bertz CT molecular complexity index is 596. The summed E-state index contributed by atoms with van der Waals surface area (Å²) in [6.45, 7) is 7.24. The Hall–Kier alpha value is -1.38. The zero-order valence-electron chi connectivity index (χ0n) is 13.0. The van der Waals surface area contributed by atoms with E-state index in [0.29, 0.717) is 0 Å². The molecule has 1 aromatic carbocycles. The van der Waals surface area contributed by atoms with Crippen LogP contribution in [0.4, 0.5) is 0 Å². The van der Waals surface area contributed by atoms with Gasteiger partial charge < -0.3 is 5.32 Å². The smallest absolute Gasteiger partial charge is 0.0579 e. The highest BCUT2D eigenvalue weighted by atomic mass is 35.5. The van der Waals surface area contributed by atoms with Crippen LogP contribution in [0, 0.1) is 13.8 Å². The van der Waals surface area contributed by atoms with Crippen molar-refractivity contribution >= 4 is 11.6 Å². The molecular formula is C18H23ClN2. The van der Waals surface area contributed by atoms with Crippen LogP contribution in [-0.4, -0.2) is 11.5 Å². The number of pyridine rings is 1. The summed E-state index contributed by atoms with van der Waals surface area (Å²) in [4.78, 5) is 4.66. The van der Waals surface area contributed by atoms with Gasteiger partial charge in [0.05, 0.1) is 11.7 Å². The van der Waals surface area contributed by atoms with E-state index >= 15 is 0 Å². The Morgan fingerprint density at radius 3 is 2.67 bits per heavy atom. The van der Waals surface area contributed by atoms with Crippen LogP contribution in [0.3, 0.4) is 0 Å². The lowest BCUT2D eigenvalue weighted by Crippen LogP contribution is -2.25. The van der Waals surface area contributed by atoms with Crippen LogP contribution in [0.25, 0.3) is 0 Å². The first-order valence-corrected chi connectivity index (χ1v) is 7.90. The molecule has 1 atom stereocenters. The fourth-order valence-corrected chi connectivity index (χ4v) is 2.71. The fourth-order valence-electron chi connectivity index (χ4n) is 2.40. The topological polar surface area (TPSA) is 24.9 Å². The third-order valence-corrected chi connectivity index (χ3v) is 3.89. The molecule has 112 valence electrons. The van der Waals surface area contributed by atoms with Crippen LogP contribution < -0.4 is 5.32 Å². The maximum Gasteiger partial charge on any atom is 0.0579 e. The van der Waals surface area contributed by atoms with Gasteiger partial charge in [0.2, 0.25) is 0 Å². The third-order valence-electron chi connectivity index (χ3n) is 3.54. The minimum atomic E-state index is 0.199. The van der Waals surface area contributed by atoms with Gasteiger partial charge in [-0.2, -0.15) is 0 Å². The van der Waals surface area contributed by atoms with E-state index in [1.165, 1.54) is 11.1 Å². The number of aromatic nitrogens is 1. The minimum Gasteiger partial charge on any atom is -0.308 e. The first-order chi connectivity index (χ1) is 10.1. The summed E-state index contributed by atoms with van der Waals surface area (Å²) in [5.74, 6) is 0. The van der Waals surface area contributed by atoms with Crippen LogP contribution >= 0.6 is 11.6 Å². The monoisotopic (exact) mass is 302 g/mol. The quantitative estimate of drug-likeness (QED) is 0.841. The second kappa shape index (κ2) is 7.58. The molecule has 0 fully saturated rings. The maximum atomic E-state index is 6.38. The Morgan fingerprint density at radius 2 is 2.00 bits per heavy atom. The van der Waals surface area contributed by atoms with Gasteiger partial charge in [-0.25, -0.2) is 0 Å². The zero-order chi connectivity index (χ0) is 15.2. The molecule has 0 aliphatic heterocycles. The number of rotatable bonds is 6. The van der Waals surface area contributed by atoms with E-state index in [4.69, 9.17) is 11.6 Å². The van der Waals surface area contributed by atoms with Crippen LogP contribution in [-0.2, 0) is 6.42 Å². The number of nitrogens with one attached hydrogen (secondary N) is 1. The van der Waals surface area contributed by atoms with Crippen molar-refractivity contribution in [3.63, 3.8) is 0 Å². The van der Waals surface area contributed by atoms with E-state index in [1.54, 1.807) is 0 Å². The molecule has 0 amide bonds. The molecule has 21 heavy (non-hydrogen) atoms. The zero-order valence-corrected chi connectivity index (χ0v) is 13.7. The molecule has 2 aromatic rings. The molecule has 0 bridgehead atoms. The molecule has 1 heterocycles. The van der Waals surface area contributed by atoms with Gasteiger partial charge in [0.15, 0.2) is 0 Å². The van der Waals surface area contributed by atoms with Gasteiger partial charge in [0, 0.05) is 10.7 Å². The predicted octanol–water partition coefficient (Wildman–Crippen LogP) is 4.64. The van der Waals surface area contributed by atoms with Crippen LogP contribution in [0.1, 0.15) is 41.9 Å². The fraction of sp³-hybridized carbons (Fsp3) is 0.389. The molecule has 0 aliphatic carbocycles. The van der Waals surface area contributed by atoms with E-state index in [1.807, 2.05) is 19.1 Å². The lowest BCUT2D eigenvalue weighted by molar-refractivity contribution is 0.517. The molecule has 1 unspecified atom stereocenters. The van der Waals surface area contributed by atoms with E-state index < -0.39 is 0 Å². The highest BCUT2D eigenvalue weighted by molar-refractivity contribution is 6.31. The van der Waals surface area contributed by atoms with Gasteiger partial charge in [0.25, 0.3) is 0 Å². The molecule has 1 aromatic heterocycles. The molecule has 0 saturated heterocycles. The second-order valence-electron chi connectivity index (χ2n) is 5.51. The normalized spacial score (nSPS) is 12.4. The van der Waals surface area contributed by atoms with Crippen molar-refractivity contribution in [2.45, 2.75) is 39.7 Å². The lowest BCUT2D eigenvalue weighted by Gasteiger charge is -2.19. The van der Waals surface area contributed by atoms with Crippen molar-refractivity contribution in [2.24, 2.45) is 0 Å². The summed E-state index contributed by atoms with van der Waals surface area (Å²) in [5.41, 5.74) is 4.49. The Morgan fingerprint density at radius 1 is 1.19 bits per heavy atom. The van der Waals surface area contributed by atoms with Crippen molar-refractivity contribution in [2.75, 3.05) is 6.54 Å². The average Bonchev–Trinajstić information content (AvgIpc) is 2.45. The lowest BCUT2D eigenvalue weighted by atomic mass is 10.0. The molecule has 0 spiro atoms. The summed E-state index contributed by atoms with van der Waals surface area (Å²) >= 11 is 6.38. The Kier molecular flexibility index (Phi) is 5.77. The highest BCUT2D eigenvalue weighted by Gasteiger charge is 2.15. The van der Waals surface area contributed by atoms with Crippen molar-refractivity contribution in [3.05, 3.63) is 63.9 Å². The summed E-state index contributed by atoms with van der Waals surface area (Å²) in [6.07, 6.45) is 1.96. The van der Waals surface area contributed by atoms with Crippen molar-refractivity contribution in [3.8, 4) is 0 Å². The Balaban J connectivity index is 2.23. The SMILES string of the molecule is CCCNC(Cc1ccc(C)cc1Cl)c1cccc(C)n1. The van der Waals surface area contributed by atoms with Crippen LogP contribution in [0.15, 0.2) is 36.4 Å². The van der Waals surface area contributed by atoms with E-state index in [2.05, 4.69) is 48.4 Å². The van der Waals surface area contributed by atoms with Crippen molar-refractivity contribution in [1.29, 1.82) is 0 Å². The Labute approximate surface area is 132 Å². The van der Waals surface area contributed by atoms with Gasteiger partial charge in [-0.05, 0) is 62.6 Å². The molecule has 3 heteroatoms. The van der Waals surface area contributed by atoms with E-state index in [0.717, 1.165) is 35.8 Å². The number of benzene rings is 1. The van der Waals surface area contributed by atoms with Gasteiger partial charge >= 0.3 is 0 Å². The molecule has 2 nitrogen and oxygen atoms in total. The largest absolute Gasteiger partial charge is 0.308 e. The number of hydrogen-bond acceptors (Lipinski definition) is 2. The summed E-state index contributed by atoms with van der Waals surface area (Å²) in [6, 6.07) is 12.6. The summed E-state index contributed by atoms with van der Waals surface area (Å²) < 4.78 is 0. The van der Waals surface area contributed by atoms with Crippen LogP contribution in [0.2, 0.25) is 5.02 Å². The molecule has 0 radical (unpaired) electrons. The number of halogens is 1. The average molecular weight is 303 g/mol. The van der Waals surface area contributed by atoms with Crippen LogP contribution in [0.5, 0.6) is 0 Å². The van der Waals surface area contributed by atoms with Gasteiger partial charge in [-0.3, -0.25) is 4.98 Å². The standard InChI is InChI=1S/C18H23ClN2/c1-4-10-20-18(17-7-5-6-14(3)21-17)12-15-9-8-13(2)11-16(15)19/h5-9,11,18,20H,4,10,12H2,1-3H3. The minimum absolute atomic E-state index is 0.199. The molecular weight excluding hydrogens is 280 g/mol. The summed E-state index contributed by atoms with van der Waals surface area (Å²) in [5, 5.41) is 4.42. The first kappa shape index (κ1) is 16.0. The van der Waals surface area contributed by atoms with Crippen molar-refractivity contribution in [1.82, 2.24) is 10.3 Å². The third kappa shape index (κ3) is 4.55. The first-order valence-electron chi connectivity index (χ1n) is 7.52. The molecule has 0 aliphatic rings. The molecule has 2 rings (SSSR count). The number of aryl methyl sites for hydroxylation is 2. The van der Waals surface area contributed by atoms with E-state index in [9.17, 15) is 0 Å². The second-order valence-corrected chi connectivity index (χ2v) is 5.92. The molecule has 1 N–H and O–H groups in total. The van der Waals surface area contributed by atoms with Gasteiger partial charge in [-0.1, -0.05) is 36.7 Å². The number of nitrogens with zero attached hydrogens (tertiary/aromatic N) is 1. The highest BCUT2D eigenvalue weighted by Crippen LogP contribution is 2.24. The van der Waals surface area contributed by atoms with Gasteiger partial charge in [-0.15, -0.1) is 0 Å². The van der Waals surface area contributed by atoms with Crippen molar-refractivity contribution < 1.29 is 0 Å². The predicted molar refractivity (Wildman–Crippen MR) is 89.9 cm³/mol. The van der Waals surface area contributed by atoms with E-state index in [-0.39, 0.29) is 6.04 Å². The number of hydrogen-bond donors (Lipinski definition) is 1. The molecule has 0 saturated carbocycles. The van der Waals surface area contributed by atoms with Gasteiger partial charge in [0.1, 0.15) is 0 Å².